The van der Waals surface area contributed by atoms with E-state index in [1.165, 1.54) is 0 Å². The predicted molar refractivity (Wildman–Crippen MR) is 93.1 cm³/mol. The third-order valence-electron chi connectivity index (χ3n) is 3.57. The van der Waals surface area contributed by atoms with Crippen LogP contribution in [-0.2, 0) is 9.59 Å². The molecule has 3 aromatic rings. The molecule has 0 N–H and O–H groups in total. The fraction of sp³-hybridized carbons (Fsp3) is 0. The van der Waals surface area contributed by atoms with Gasteiger partial charge in [0.05, 0.1) is 0 Å². The first-order chi connectivity index (χ1) is 11.7. The summed E-state index contributed by atoms with van der Waals surface area (Å²) in [6.45, 7) is 6.86. The lowest BCUT2D eigenvalue weighted by atomic mass is 10.0. The van der Waals surface area contributed by atoms with E-state index < -0.39 is 11.9 Å². The highest BCUT2D eigenvalue weighted by molar-refractivity contribution is 6.13. The van der Waals surface area contributed by atoms with E-state index in [1.54, 1.807) is 24.3 Å². The van der Waals surface area contributed by atoms with Crippen LogP contribution < -0.4 is 9.47 Å². The van der Waals surface area contributed by atoms with Crippen molar-refractivity contribution in [3.05, 3.63) is 73.8 Å². The smallest absolute Gasteiger partial charge is 0.335 e. The zero-order valence-electron chi connectivity index (χ0n) is 12.8. The minimum Gasteiger partial charge on any atom is -0.422 e. The molecule has 0 spiro atoms. The number of benzene rings is 3. The molecule has 3 rings (SSSR count). The summed E-state index contributed by atoms with van der Waals surface area (Å²) in [5.41, 5.74) is 0. The van der Waals surface area contributed by atoms with Crippen molar-refractivity contribution in [3.8, 4) is 11.5 Å². The van der Waals surface area contributed by atoms with Crippen molar-refractivity contribution in [2.24, 2.45) is 0 Å². The molecule has 0 heterocycles. The quantitative estimate of drug-likeness (QED) is 0.313. The number of ether oxygens (including phenoxy) is 2. The molecule has 0 unspecified atom stereocenters. The summed E-state index contributed by atoms with van der Waals surface area (Å²) in [6.07, 6.45) is 2.21. The van der Waals surface area contributed by atoms with Gasteiger partial charge in [-0.05, 0) is 0 Å². The van der Waals surface area contributed by atoms with Gasteiger partial charge in [0.2, 0.25) is 0 Å². The van der Waals surface area contributed by atoms with Gasteiger partial charge in [-0.1, -0.05) is 61.7 Å². The van der Waals surface area contributed by atoms with Crippen LogP contribution in [-0.4, -0.2) is 11.9 Å². The van der Waals surface area contributed by atoms with Gasteiger partial charge in [0.1, 0.15) is 11.5 Å². The van der Waals surface area contributed by atoms with Crippen molar-refractivity contribution in [2.75, 3.05) is 0 Å². The van der Waals surface area contributed by atoms with Gasteiger partial charge in [-0.25, -0.2) is 9.59 Å². The molecule has 0 radical (unpaired) electrons. The molecule has 0 aromatic heterocycles. The number of rotatable bonds is 4. The largest absolute Gasteiger partial charge is 0.422 e. The number of esters is 2. The summed E-state index contributed by atoms with van der Waals surface area (Å²) in [7, 11) is 0. The highest BCUT2D eigenvalue weighted by Gasteiger charge is 2.18. The van der Waals surface area contributed by atoms with Gasteiger partial charge in [0.25, 0.3) is 0 Å². The first-order valence-electron chi connectivity index (χ1n) is 7.27. The van der Waals surface area contributed by atoms with Crippen LogP contribution in [0, 0.1) is 0 Å². The summed E-state index contributed by atoms with van der Waals surface area (Å²) in [4.78, 5) is 23.5. The highest BCUT2D eigenvalue weighted by Crippen LogP contribution is 2.42. The molecule has 0 fully saturated rings. The lowest BCUT2D eigenvalue weighted by Gasteiger charge is -2.15. The van der Waals surface area contributed by atoms with Gasteiger partial charge in [0, 0.05) is 33.7 Å². The molecular weight excluding hydrogens is 304 g/mol. The standard InChI is InChI=1S/C20H14O4/c1-3-17(21)23-19-13-9-5-7-11-15(13)20(24-18(22)4-2)16-12-8-6-10-14(16)19/h3-12H,1-2H2. The monoisotopic (exact) mass is 318 g/mol. The maximum absolute atomic E-state index is 11.7. The first-order valence-corrected chi connectivity index (χ1v) is 7.27. The minimum absolute atomic E-state index is 0.407. The van der Waals surface area contributed by atoms with Gasteiger partial charge in [-0.15, -0.1) is 0 Å². The molecule has 0 atom stereocenters. The maximum Gasteiger partial charge on any atom is 0.335 e. The van der Waals surface area contributed by atoms with Crippen LogP contribution in [0.1, 0.15) is 0 Å². The Labute approximate surface area is 138 Å². The zero-order chi connectivity index (χ0) is 17.1. The maximum atomic E-state index is 11.7. The Morgan fingerprint density at radius 3 is 1.21 bits per heavy atom. The number of hydrogen-bond acceptors (Lipinski definition) is 4. The molecule has 0 aliphatic rings. The molecule has 4 nitrogen and oxygen atoms in total. The molecule has 118 valence electrons. The number of carbonyl (C=O) groups is 2. The van der Waals surface area contributed by atoms with Crippen LogP contribution in [0.2, 0.25) is 0 Å². The Balaban J connectivity index is 2.40. The summed E-state index contributed by atoms with van der Waals surface area (Å²) in [5, 5.41) is 2.66. The summed E-state index contributed by atoms with van der Waals surface area (Å²) < 4.78 is 10.9. The predicted octanol–water partition coefficient (Wildman–Crippen LogP) is 4.18. The average molecular weight is 318 g/mol. The van der Waals surface area contributed by atoms with E-state index in [0.717, 1.165) is 12.2 Å². The number of fused-ring (bicyclic) bond motifs is 2. The molecule has 3 aromatic carbocycles. The Morgan fingerprint density at radius 1 is 0.667 bits per heavy atom. The summed E-state index contributed by atoms with van der Waals surface area (Å²) in [6, 6.07) is 14.5. The third-order valence-corrected chi connectivity index (χ3v) is 3.57. The third kappa shape index (κ3) is 2.65. The highest BCUT2D eigenvalue weighted by atomic mass is 16.5. The zero-order valence-corrected chi connectivity index (χ0v) is 12.8. The second-order valence-electron chi connectivity index (χ2n) is 5.00. The molecule has 0 bridgehead atoms. The Kier molecular flexibility index (Phi) is 4.12. The van der Waals surface area contributed by atoms with Gasteiger partial charge >= 0.3 is 11.9 Å². The van der Waals surface area contributed by atoms with Crippen LogP contribution in [0.3, 0.4) is 0 Å². The molecule has 0 aliphatic carbocycles. The lowest BCUT2D eigenvalue weighted by Crippen LogP contribution is -2.07. The van der Waals surface area contributed by atoms with E-state index in [-0.39, 0.29) is 0 Å². The van der Waals surface area contributed by atoms with E-state index in [9.17, 15) is 9.59 Å². The van der Waals surface area contributed by atoms with Crippen molar-refractivity contribution < 1.29 is 19.1 Å². The average Bonchev–Trinajstić information content (AvgIpc) is 2.63. The number of carbonyl (C=O) groups excluding carboxylic acids is 2. The van der Waals surface area contributed by atoms with Crippen molar-refractivity contribution >= 4 is 33.5 Å². The lowest BCUT2D eigenvalue weighted by molar-refractivity contribution is -0.129. The topological polar surface area (TPSA) is 52.6 Å². The first kappa shape index (κ1) is 15.5. The molecule has 24 heavy (non-hydrogen) atoms. The van der Waals surface area contributed by atoms with Crippen molar-refractivity contribution in [1.82, 2.24) is 0 Å². The molecule has 0 aliphatic heterocycles. The van der Waals surface area contributed by atoms with Crippen LogP contribution in [0.4, 0.5) is 0 Å². The Hall–Kier alpha value is -3.40. The van der Waals surface area contributed by atoms with Crippen LogP contribution in [0.5, 0.6) is 11.5 Å². The fourth-order valence-electron chi connectivity index (χ4n) is 2.55. The van der Waals surface area contributed by atoms with E-state index in [2.05, 4.69) is 13.2 Å². The molecule has 4 heteroatoms. The van der Waals surface area contributed by atoms with E-state index >= 15 is 0 Å². The molecule has 0 saturated carbocycles. The van der Waals surface area contributed by atoms with Crippen LogP contribution in [0.25, 0.3) is 21.5 Å². The van der Waals surface area contributed by atoms with E-state index in [0.29, 0.717) is 33.0 Å². The van der Waals surface area contributed by atoms with Crippen molar-refractivity contribution in [1.29, 1.82) is 0 Å². The second kappa shape index (κ2) is 6.38. The van der Waals surface area contributed by atoms with Crippen LogP contribution >= 0.6 is 0 Å². The van der Waals surface area contributed by atoms with Gasteiger partial charge in [-0.2, -0.15) is 0 Å². The molecule has 0 amide bonds. The van der Waals surface area contributed by atoms with Gasteiger partial charge in [0.15, 0.2) is 0 Å². The number of hydrogen-bond donors (Lipinski definition) is 0. The van der Waals surface area contributed by atoms with E-state index in [1.807, 2.05) is 24.3 Å². The Bertz CT molecular complexity index is 849. The normalized spacial score (nSPS) is 10.3. The molecular formula is C20H14O4. The van der Waals surface area contributed by atoms with Crippen LogP contribution in [0.15, 0.2) is 73.8 Å². The van der Waals surface area contributed by atoms with Gasteiger partial charge < -0.3 is 9.47 Å². The fourth-order valence-corrected chi connectivity index (χ4v) is 2.55. The Morgan fingerprint density at radius 2 is 0.958 bits per heavy atom. The van der Waals surface area contributed by atoms with Gasteiger partial charge in [-0.3, -0.25) is 0 Å². The molecule has 0 saturated heterocycles. The van der Waals surface area contributed by atoms with Crippen molar-refractivity contribution in [3.63, 3.8) is 0 Å². The second-order valence-corrected chi connectivity index (χ2v) is 5.00. The SMILES string of the molecule is C=CC(=O)Oc1c2ccccc2c(OC(=O)C=C)c2ccccc12. The van der Waals surface area contributed by atoms with E-state index in [4.69, 9.17) is 9.47 Å². The minimum atomic E-state index is -0.554. The summed E-state index contributed by atoms with van der Waals surface area (Å²) >= 11 is 0. The van der Waals surface area contributed by atoms with Crippen molar-refractivity contribution in [2.45, 2.75) is 0 Å². The summed E-state index contributed by atoms with van der Waals surface area (Å²) in [5.74, 6) is -0.295.